The largest absolute Gasteiger partial charge is 0.494 e. The number of amides is 2. The van der Waals surface area contributed by atoms with Crippen molar-refractivity contribution in [2.75, 3.05) is 13.7 Å². The maximum Gasteiger partial charge on any atom is 0.494 e. The Labute approximate surface area is 207 Å². The predicted octanol–water partition coefficient (Wildman–Crippen LogP) is 3.30. The summed E-state index contributed by atoms with van der Waals surface area (Å²) in [4.78, 5) is 35.5. The second-order valence-electron chi connectivity index (χ2n) is 10.7. The second kappa shape index (κ2) is 9.46. The molecule has 0 aliphatic carbocycles. The smallest absolute Gasteiger partial charge is 0.453 e. The summed E-state index contributed by atoms with van der Waals surface area (Å²) in [5.41, 5.74) is 1.79. The summed E-state index contributed by atoms with van der Waals surface area (Å²) in [7, 11) is 0.847. The van der Waals surface area contributed by atoms with E-state index in [4.69, 9.17) is 19.0 Å². The van der Waals surface area contributed by atoms with E-state index in [9.17, 15) is 9.59 Å². The zero-order valence-corrected chi connectivity index (χ0v) is 21.8. The first-order chi connectivity index (χ1) is 16.5. The van der Waals surface area contributed by atoms with Crippen LogP contribution in [-0.4, -0.2) is 64.9 Å². The summed E-state index contributed by atoms with van der Waals surface area (Å²) < 4.78 is 17.2. The lowest BCUT2D eigenvalue weighted by atomic mass is 9.79. The zero-order valence-electron chi connectivity index (χ0n) is 21.8. The number of H-pyrrole nitrogens is 1. The minimum Gasteiger partial charge on any atom is -0.453 e. The first-order valence-corrected chi connectivity index (χ1v) is 12.5. The van der Waals surface area contributed by atoms with Crippen molar-refractivity contribution in [3.8, 4) is 0 Å². The molecule has 10 heteroatoms. The third kappa shape index (κ3) is 4.78. The quantitative estimate of drug-likeness (QED) is 0.610. The van der Waals surface area contributed by atoms with Crippen molar-refractivity contribution < 1.29 is 23.6 Å². The number of aromatic nitrogens is 2. The van der Waals surface area contributed by atoms with Gasteiger partial charge in [-0.3, -0.25) is 4.79 Å². The van der Waals surface area contributed by atoms with Crippen molar-refractivity contribution >= 4 is 35.6 Å². The van der Waals surface area contributed by atoms with E-state index < -0.39 is 30.5 Å². The number of nitrogens with one attached hydrogen (secondary N) is 2. The lowest BCUT2D eigenvalue weighted by Gasteiger charge is -2.32. The van der Waals surface area contributed by atoms with Gasteiger partial charge >= 0.3 is 13.2 Å². The molecule has 2 saturated heterocycles. The fourth-order valence-electron chi connectivity index (χ4n) is 4.69. The fraction of sp³-hybridized carbons (Fsp3) is 0.640. The van der Waals surface area contributed by atoms with Crippen molar-refractivity contribution in [2.45, 2.75) is 84.1 Å². The normalized spacial score (nSPS) is 22.9. The van der Waals surface area contributed by atoms with Crippen molar-refractivity contribution in [2.24, 2.45) is 5.92 Å². The van der Waals surface area contributed by atoms with Crippen LogP contribution in [0.15, 0.2) is 18.2 Å². The van der Waals surface area contributed by atoms with Crippen molar-refractivity contribution in [1.29, 1.82) is 0 Å². The molecule has 9 nitrogen and oxygen atoms in total. The van der Waals surface area contributed by atoms with Gasteiger partial charge in [-0.25, -0.2) is 9.78 Å². The molecule has 35 heavy (non-hydrogen) atoms. The maximum atomic E-state index is 13.5. The number of likely N-dealkylation sites (tertiary alicyclic amines) is 1. The van der Waals surface area contributed by atoms with Gasteiger partial charge in [0.25, 0.3) is 0 Å². The highest BCUT2D eigenvalue weighted by Crippen LogP contribution is 2.37. The lowest BCUT2D eigenvalue weighted by Crippen LogP contribution is -2.51. The van der Waals surface area contributed by atoms with Crippen LogP contribution in [0.2, 0.25) is 0 Å². The zero-order chi connectivity index (χ0) is 25.5. The number of benzene rings is 1. The van der Waals surface area contributed by atoms with Crippen LogP contribution >= 0.6 is 0 Å². The third-order valence-corrected chi connectivity index (χ3v) is 7.84. The van der Waals surface area contributed by atoms with E-state index in [2.05, 4.69) is 10.3 Å². The minimum atomic E-state index is -0.646. The van der Waals surface area contributed by atoms with Gasteiger partial charge in [0.2, 0.25) is 5.91 Å². The molecule has 2 aliphatic heterocycles. The molecular weight excluding hydrogens is 447 g/mol. The molecule has 0 unspecified atom stereocenters. The molecule has 3 atom stereocenters. The van der Waals surface area contributed by atoms with E-state index in [0.717, 1.165) is 41.6 Å². The number of carbonyl (C=O) groups excluding carboxylic acids is 2. The van der Waals surface area contributed by atoms with E-state index in [0.29, 0.717) is 6.54 Å². The maximum absolute atomic E-state index is 13.5. The number of aromatic amines is 1. The standard InChI is InChI=1S/C25H37BN4O5/c1-8-15(2)20(29-23(32)33-7)22(31)30-13-9-10-19(30)21-27-17-12-11-16(14-18(17)28-21)26-34-24(3,4)25(5,6)35-26/h11-12,14-15,19-20H,8-10,13H2,1-7H3,(H,27,28)(H,29,32)/t15-,19+,20-/m1/s1. The fourth-order valence-corrected chi connectivity index (χ4v) is 4.69. The number of fused-ring (bicyclic) bond motifs is 1. The van der Waals surface area contributed by atoms with Crippen LogP contribution < -0.4 is 10.8 Å². The Balaban J connectivity index is 1.57. The minimum absolute atomic E-state index is 0.0269. The number of carbonyl (C=O) groups is 2. The van der Waals surface area contributed by atoms with Gasteiger partial charge in [0.05, 0.1) is 35.4 Å². The topological polar surface area (TPSA) is 106 Å². The van der Waals surface area contributed by atoms with Crippen molar-refractivity contribution in [3.05, 3.63) is 24.0 Å². The first-order valence-electron chi connectivity index (χ1n) is 12.5. The highest BCUT2D eigenvalue weighted by Gasteiger charge is 2.51. The Kier molecular flexibility index (Phi) is 6.90. The van der Waals surface area contributed by atoms with Gasteiger partial charge in [0, 0.05) is 6.54 Å². The van der Waals surface area contributed by atoms with Gasteiger partial charge in [-0.1, -0.05) is 26.3 Å². The number of hydrogen-bond acceptors (Lipinski definition) is 6. The van der Waals surface area contributed by atoms with E-state index in [1.165, 1.54) is 7.11 Å². The van der Waals surface area contributed by atoms with E-state index in [-0.39, 0.29) is 17.9 Å². The number of alkyl carbamates (subject to hydrolysis) is 1. The molecular formula is C25H37BN4O5. The summed E-state index contributed by atoms with van der Waals surface area (Å²) in [6.07, 6.45) is 1.84. The number of hydrogen-bond donors (Lipinski definition) is 2. The van der Waals surface area contributed by atoms with Crippen LogP contribution in [-0.2, 0) is 18.8 Å². The molecule has 2 amide bonds. The molecule has 1 aromatic heterocycles. The summed E-state index contributed by atoms with van der Waals surface area (Å²) in [5.74, 6) is 0.615. The molecule has 0 spiro atoms. The van der Waals surface area contributed by atoms with Gasteiger partial charge in [-0.15, -0.1) is 0 Å². The average molecular weight is 484 g/mol. The van der Waals surface area contributed by atoms with Gasteiger partial charge in [-0.2, -0.15) is 0 Å². The molecule has 1 aromatic carbocycles. The number of rotatable bonds is 6. The van der Waals surface area contributed by atoms with Crippen LogP contribution in [0, 0.1) is 5.92 Å². The summed E-state index contributed by atoms with van der Waals surface area (Å²) in [6.45, 7) is 12.7. The predicted molar refractivity (Wildman–Crippen MR) is 134 cm³/mol. The van der Waals surface area contributed by atoms with E-state index in [1.807, 2.05) is 64.6 Å². The molecule has 0 radical (unpaired) electrons. The molecule has 2 aromatic rings. The Morgan fingerprint density at radius 3 is 2.60 bits per heavy atom. The van der Waals surface area contributed by atoms with Gasteiger partial charge in [0.15, 0.2) is 0 Å². The molecule has 0 bridgehead atoms. The third-order valence-electron chi connectivity index (χ3n) is 7.84. The highest BCUT2D eigenvalue weighted by atomic mass is 16.7. The lowest BCUT2D eigenvalue weighted by molar-refractivity contribution is -0.135. The molecule has 0 saturated carbocycles. The number of imidazole rings is 1. The Hall–Kier alpha value is -2.59. The van der Waals surface area contributed by atoms with Crippen LogP contribution in [0.5, 0.6) is 0 Å². The summed E-state index contributed by atoms with van der Waals surface area (Å²) >= 11 is 0. The van der Waals surface area contributed by atoms with E-state index >= 15 is 0 Å². The average Bonchev–Trinajstić information content (AvgIpc) is 3.51. The van der Waals surface area contributed by atoms with Gasteiger partial charge in [-0.05, 0) is 64.1 Å². The highest BCUT2D eigenvalue weighted by molar-refractivity contribution is 6.62. The van der Waals surface area contributed by atoms with Crippen LogP contribution in [0.4, 0.5) is 4.79 Å². The molecule has 2 N–H and O–H groups in total. The Morgan fingerprint density at radius 1 is 1.29 bits per heavy atom. The van der Waals surface area contributed by atoms with E-state index in [1.54, 1.807) is 0 Å². The summed E-state index contributed by atoms with van der Waals surface area (Å²) in [6, 6.07) is 5.12. The number of ether oxygens (including phenoxy) is 1. The Bertz CT molecular complexity index is 1080. The number of nitrogens with zero attached hydrogens (tertiary/aromatic N) is 2. The Morgan fingerprint density at radius 2 is 1.97 bits per heavy atom. The molecule has 190 valence electrons. The van der Waals surface area contributed by atoms with Gasteiger partial charge < -0.3 is 29.2 Å². The van der Waals surface area contributed by atoms with Crippen LogP contribution in [0.1, 0.15) is 72.7 Å². The van der Waals surface area contributed by atoms with Crippen LogP contribution in [0.25, 0.3) is 11.0 Å². The monoisotopic (exact) mass is 484 g/mol. The van der Waals surface area contributed by atoms with Crippen molar-refractivity contribution in [3.63, 3.8) is 0 Å². The molecule has 2 aliphatic rings. The van der Waals surface area contributed by atoms with Crippen molar-refractivity contribution in [1.82, 2.24) is 20.2 Å². The second-order valence-corrected chi connectivity index (χ2v) is 10.7. The van der Waals surface area contributed by atoms with Crippen LogP contribution in [0.3, 0.4) is 0 Å². The summed E-state index contributed by atoms with van der Waals surface area (Å²) in [5, 5.41) is 2.73. The van der Waals surface area contributed by atoms with Gasteiger partial charge in [0.1, 0.15) is 11.9 Å². The SMILES string of the molecule is CC[C@@H](C)[C@@H](NC(=O)OC)C(=O)N1CCC[C@H]1c1nc2ccc(B3OC(C)(C)C(C)(C)O3)cc2[nH]1. The number of methoxy groups -OCH3 is 1. The first kappa shape index (κ1) is 25.5. The molecule has 3 heterocycles. The molecule has 2 fully saturated rings. The molecule has 4 rings (SSSR count).